The molecule has 1 saturated heterocycles. The van der Waals surface area contributed by atoms with Crippen LogP contribution in [0.4, 0.5) is 0 Å². The summed E-state index contributed by atoms with van der Waals surface area (Å²) in [5.74, 6) is 0. The molecule has 0 radical (unpaired) electrons. The Kier molecular flexibility index (Phi) is 3.30. The summed E-state index contributed by atoms with van der Waals surface area (Å²) in [7, 11) is 1.66. The Hall–Kier alpha value is -0.260. The summed E-state index contributed by atoms with van der Waals surface area (Å²) in [6, 6.07) is 1.96. The van der Waals surface area contributed by atoms with Crippen LogP contribution in [0, 0.1) is 0 Å². The number of rotatable bonds is 3. The van der Waals surface area contributed by atoms with E-state index in [1.54, 1.807) is 7.11 Å². The zero-order valence-corrected chi connectivity index (χ0v) is 10.3. The first-order chi connectivity index (χ1) is 6.79. The minimum absolute atomic E-state index is 0.310. The summed E-state index contributed by atoms with van der Waals surface area (Å²) in [4.78, 5) is 0. The highest BCUT2D eigenvalue weighted by atomic mass is 79.9. The topological polar surface area (TPSA) is 30.5 Å². The van der Waals surface area contributed by atoms with Gasteiger partial charge in [0.1, 0.15) is 6.10 Å². The smallest absolute Gasteiger partial charge is 0.191 e. The average molecular weight is 278 g/mol. The number of hydrogen-bond donors (Lipinski definition) is 1. The monoisotopic (exact) mass is 277 g/mol. The van der Waals surface area contributed by atoms with Gasteiger partial charge in [0.05, 0.1) is 11.6 Å². The maximum atomic E-state index is 5.78. The van der Waals surface area contributed by atoms with Gasteiger partial charge < -0.3 is 14.8 Å². The molecule has 0 amide bonds. The highest BCUT2D eigenvalue weighted by Gasteiger charge is 2.18. The standard InChI is InChI=1S/C9H12BrNO2S/c1-12-9-7(10)4-8(14-9)13-6-2-3-11-5-6/h4,6,11H,2-3,5H2,1H3. The summed E-state index contributed by atoms with van der Waals surface area (Å²) in [6.07, 6.45) is 1.39. The number of thiophene rings is 1. The molecule has 3 nitrogen and oxygen atoms in total. The van der Waals surface area contributed by atoms with Crippen LogP contribution >= 0.6 is 27.3 Å². The van der Waals surface area contributed by atoms with E-state index in [0.717, 1.165) is 34.1 Å². The molecule has 0 bridgehead atoms. The molecule has 1 aliphatic heterocycles. The predicted molar refractivity (Wildman–Crippen MR) is 60.5 cm³/mol. The largest absolute Gasteiger partial charge is 0.486 e. The van der Waals surface area contributed by atoms with Crippen LogP contribution in [0.5, 0.6) is 10.1 Å². The van der Waals surface area contributed by atoms with E-state index < -0.39 is 0 Å². The predicted octanol–water partition coefficient (Wildman–Crippen LogP) is 2.26. The molecule has 1 aromatic rings. The van der Waals surface area contributed by atoms with Crippen LogP contribution in [0.25, 0.3) is 0 Å². The van der Waals surface area contributed by atoms with E-state index in [4.69, 9.17) is 9.47 Å². The van der Waals surface area contributed by atoms with Crippen LogP contribution in [-0.4, -0.2) is 26.3 Å². The van der Waals surface area contributed by atoms with Gasteiger partial charge in [-0.3, -0.25) is 0 Å². The minimum atomic E-state index is 0.310. The first kappa shape index (κ1) is 10.3. The molecule has 14 heavy (non-hydrogen) atoms. The molecule has 1 unspecified atom stereocenters. The summed E-state index contributed by atoms with van der Waals surface area (Å²) >= 11 is 4.94. The fraction of sp³-hybridized carbons (Fsp3) is 0.556. The molecule has 78 valence electrons. The highest BCUT2D eigenvalue weighted by molar-refractivity contribution is 9.10. The van der Waals surface area contributed by atoms with E-state index in [9.17, 15) is 0 Å². The Labute approximate surface area is 95.5 Å². The molecule has 0 spiro atoms. The van der Waals surface area contributed by atoms with Crippen molar-refractivity contribution in [3.05, 3.63) is 10.5 Å². The zero-order valence-electron chi connectivity index (χ0n) is 7.88. The van der Waals surface area contributed by atoms with Crippen molar-refractivity contribution in [2.45, 2.75) is 12.5 Å². The molecule has 0 saturated carbocycles. The van der Waals surface area contributed by atoms with Crippen LogP contribution in [0.2, 0.25) is 0 Å². The maximum absolute atomic E-state index is 5.78. The average Bonchev–Trinajstić information content (AvgIpc) is 2.76. The zero-order chi connectivity index (χ0) is 9.97. The van der Waals surface area contributed by atoms with Crippen molar-refractivity contribution in [2.24, 2.45) is 0 Å². The Morgan fingerprint density at radius 2 is 2.50 bits per heavy atom. The fourth-order valence-corrected chi connectivity index (χ4v) is 2.97. The van der Waals surface area contributed by atoms with E-state index in [-0.39, 0.29) is 0 Å². The number of hydrogen-bond acceptors (Lipinski definition) is 4. The molecule has 0 aliphatic carbocycles. The van der Waals surface area contributed by atoms with Crippen LogP contribution in [-0.2, 0) is 0 Å². The first-order valence-electron chi connectivity index (χ1n) is 4.50. The van der Waals surface area contributed by atoms with Crippen molar-refractivity contribution >= 4 is 27.3 Å². The Bertz CT molecular complexity index is 310. The number of methoxy groups -OCH3 is 1. The van der Waals surface area contributed by atoms with Crippen molar-refractivity contribution in [2.75, 3.05) is 20.2 Å². The number of nitrogens with one attached hydrogen (secondary N) is 1. The number of halogens is 1. The fourth-order valence-electron chi connectivity index (χ4n) is 1.42. The van der Waals surface area contributed by atoms with Gasteiger partial charge in [-0.2, -0.15) is 0 Å². The quantitative estimate of drug-likeness (QED) is 0.920. The number of ether oxygens (including phenoxy) is 2. The lowest BCUT2D eigenvalue weighted by atomic mass is 10.3. The van der Waals surface area contributed by atoms with E-state index >= 15 is 0 Å². The van der Waals surface area contributed by atoms with Crippen LogP contribution in [0.1, 0.15) is 6.42 Å². The van der Waals surface area contributed by atoms with Gasteiger partial charge >= 0.3 is 0 Å². The second kappa shape index (κ2) is 4.51. The third kappa shape index (κ3) is 2.21. The molecular weight excluding hydrogens is 266 g/mol. The Morgan fingerprint density at radius 3 is 3.07 bits per heavy atom. The van der Waals surface area contributed by atoms with Crippen LogP contribution in [0.15, 0.2) is 10.5 Å². The normalized spacial score (nSPS) is 21.1. The first-order valence-corrected chi connectivity index (χ1v) is 6.11. The molecule has 1 fully saturated rings. The van der Waals surface area contributed by atoms with Gasteiger partial charge in [-0.05, 0) is 28.9 Å². The van der Waals surface area contributed by atoms with Crippen LogP contribution < -0.4 is 14.8 Å². The third-order valence-corrected chi connectivity index (χ3v) is 3.95. The van der Waals surface area contributed by atoms with Gasteiger partial charge in [0, 0.05) is 12.6 Å². The Balaban J connectivity index is 2.01. The van der Waals surface area contributed by atoms with Crippen molar-refractivity contribution < 1.29 is 9.47 Å². The molecule has 2 rings (SSSR count). The van der Waals surface area contributed by atoms with Crippen LogP contribution in [0.3, 0.4) is 0 Å². The third-order valence-electron chi connectivity index (χ3n) is 2.12. The van der Waals surface area contributed by atoms with Gasteiger partial charge in [-0.1, -0.05) is 11.3 Å². The summed E-state index contributed by atoms with van der Waals surface area (Å²) in [6.45, 7) is 1.99. The SMILES string of the molecule is COc1sc(OC2CCNC2)cc1Br. The molecule has 0 aromatic carbocycles. The van der Waals surface area contributed by atoms with Gasteiger partial charge in [0.25, 0.3) is 0 Å². The summed E-state index contributed by atoms with van der Waals surface area (Å²) < 4.78 is 11.9. The molecule has 1 aliphatic rings. The molecular formula is C9H12BrNO2S. The lowest BCUT2D eigenvalue weighted by Crippen LogP contribution is -2.18. The van der Waals surface area contributed by atoms with E-state index in [2.05, 4.69) is 21.2 Å². The van der Waals surface area contributed by atoms with Crippen molar-refractivity contribution in [3.8, 4) is 10.1 Å². The maximum Gasteiger partial charge on any atom is 0.191 e. The molecule has 1 N–H and O–H groups in total. The van der Waals surface area contributed by atoms with E-state index in [1.165, 1.54) is 11.3 Å². The van der Waals surface area contributed by atoms with Gasteiger partial charge in [-0.15, -0.1) is 0 Å². The summed E-state index contributed by atoms with van der Waals surface area (Å²) in [5.41, 5.74) is 0. The molecule has 1 atom stereocenters. The molecule has 5 heteroatoms. The van der Waals surface area contributed by atoms with E-state index in [1.807, 2.05) is 6.07 Å². The van der Waals surface area contributed by atoms with Gasteiger partial charge in [0.2, 0.25) is 0 Å². The van der Waals surface area contributed by atoms with Crippen molar-refractivity contribution in [1.29, 1.82) is 0 Å². The van der Waals surface area contributed by atoms with E-state index in [0.29, 0.717) is 6.10 Å². The minimum Gasteiger partial charge on any atom is -0.486 e. The lowest BCUT2D eigenvalue weighted by molar-refractivity contribution is 0.230. The second-order valence-electron chi connectivity index (χ2n) is 3.14. The van der Waals surface area contributed by atoms with Gasteiger partial charge in [0.15, 0.2) is 10.1 Å². The lowest BCUT2D eigenvalue weighted by Gasteiger charge is -2.08. The van der Waals surface area contributed by atoms with Gasteiger partial charge in [-0.25, -0.2) is 0 Å². The van der Waals surface area contributed by atoms with Crippen molar-refractivity contribution in [1.82, 2.24) is 5.32 Å². The second-order valence-corrected chi connectivity index (χ2v) is 4.97. The Morgan fingerprint density at radius 1 is 1.64 bits per heavy atom. The summed E-state index contributed by atoms with van der Waals surface area (Å²) in [5, 5.41) is 5.05. The molecule has 2 heterocycles. The molecule has 1 aromatic heterocycles. The van der Waals surface area contributed by atoms with Crippen molar-refractivity contribution in [3.63, 3.8) is 0 Å². The highest BCUT2D eigenvalue weighted by Crippen LogP contribution is 2.40.